The average Bonchev–Trinajstić information content (AvgIpc) is 2.73. The number of nitrogens with one attached hydrogen (secondary N) is 1. The van der Waals surface area contributed by atoms with E-state index in [0.29, 0.717) is 31.1 Å². The molecule has 0 bridgehead atoms. The fourth-order valence-corrected chi connectivity index (χ4v) is 4.55. The Morgan fingerprint density at radius 2 is 1.44 bits per heavy atom. The SMILES string of the molecule is O=C(Nc1cc(C(F)(F)F)cc(C(F)(F)F)c1)N1CC(N2CCC(Cc3ccccc3)CC2)C1. The molecule has 0 aromatic heterocycles. The van der Waals surface area contributed by atoms with Crippen LogP contribution in [0.3, 0.4) is 0 Å². The Labute approximate surface area is 193 Å². The molecule has 2 aromatic carbocycles. The number of alkyl halides is 6. The second-order valence-electron chi connectivity index (χ2n) is 8.95. The smallest absolute Gasteiger partial charge is 0.321 e. The van der Waals surface area contributed by atoms with E-state index in [1.807, 2.05) is 18.2 Å². The second kappa shape index (κ2) is 9.48. The Bertz CT molecular complexity index is 962. The standard InChI is InChI=1S/C24H25F6N3O/c25-23(26,27)18-11-19(24(28,29)30)13-20(12-18)31-22(34)33-14-21(15-33)32-8-6-17(7-9-32)10-16-4-2-1-3-5-16/h1-5,11-13,17,21H,6-10,14-15H2,(H,31,34). The average molecular weight is 485 g/mol. The second-order valence-corrected chi connectivity index (χ2v) is 8.95. The minimum absolute atomic E-state index is 0.0384. The van der Waals surface area contributed by atoms with Crippen LogP contribution >= 0.6 is 0 Å². The Morgan fingerprint density at radius 3 is 1.97 bits per heavy atom. The first-order valence-electron chi connectivity index (χ1n) is 11.1. The molecule has 10 heteroatoms. The van der Waals surface area contributed by atoms with Crippen molar-refractivity contribution < 1.29 is 31.1 Å². The Morgan fingerprint density at radius 1 is 0.882 bits per heavy atom. The van der Waals surface area contributed by atoms with Gasteiger partial charge in [0.2, 0.25) is 0 Å². The van der Waals surface area contributed by atoms with Gasteiger partial charge in [-0.3, -0.25) is 4.90 Å². The number of carbonyl (C=O) groups excluding carboxylic acids is 1. The number of hydrogen-bond acceptors (Lipinski definition) is 2. The highest BCUT2D eigenvalue weighted by atomic mass is 19.4. The molecule has 2 aliphatic heterocycles. The molecule has 2 aliphatic rings. The number of urea groups is 1. The molecule has 0 aliphatic carbocycles. The van der Waals surface area contributed by atoms with Gasteiger partial charge in [-0.1, -0.05) is 30.3 Å². The predicted octanol–water partition coefficient (Wildman–Crippen LogP) is 5.90. The molecule has 0 atom stereocenters. The summed E-state index contributed by atoms with van der Waals surface area (Å²) < 4.78 is 78.1. The van der Waals surface area contributed by atoms with Crippen molar-refractivity contribution in [2.45, 2.75) is 37.7 Å². The molecule has 2 amide bonds. The molecule has 34 heavy (non-hydrogen) atoms. The van der Waals surface area contributed by atoms with Crippen LogP contribution in [-0.4, -0.2) is 48.1 Å². The van der Waals surface area contributed by atoms with Gasteiger partial charge < -0.3 is 10.2 Å². The van der Waals surface area contributed by atoms with Gasteiger partial charge >= 0.3 is 18.4 Å². The summed E-state index contributed by atoms with van der Waals surface area (Å²) >= 11 is 0. The van der Waals surface area contributed by atoms with E-state index in [4.69, 9.17) is 0 Å². The summed E-state index contributed by atoms with van der Waals surface area (Å²) in [7, 11) is 0. The number of rotatable bonds is 4. The van der Waals surface area contributed by atoms with Gasteiger partial charge in [0.1, 0.15) is 0 Å². The molecule has 0 unspecified atom stereocenters. The molecule has 4 nitrogen and oxygen atoms in total. The van der Waals surface area contributed by atoms with Gasteiger partial charge in [-0.15, -0.1) is 0 Å². The normalized spacial score (nSPS) is 18.6. The van der Waals surface area contributed by atoms with Gasteiger partial charge in [-0.25, -0.2) is 4.79 Å². The number of benzene rings is 2. The van der Waals surface area contributed by atoms with Crippen molar-refractivity contribution in [3.05, 3.63) is 65.2 Å². The lowest BCUT2D eigenvalue weighted by Crippen LogP contribution is -2.63. The Balaban J connectivity index is 1.29. The lowest BCUT2D eigenvalue weighted by molar-refractivity contribution is -0.143. The van der Waals surface area contributed by atoms with Crippen LogP contribution in [0.1, 0.15) is 29.5 Å². The molecule has 2 heterocycles. The van der Waals surface area contributed by atoms with Crippen LogP contribution in [0.5, 0.6) is 0 Å². The minimum atomic E-state index is -4.96. The summed E-state index contributed by atoms with van der Waals surface area (Å²) in [4.78, 5) is 16.1. The third-order valence-electron chi connectivity index (χ3n) is 6.52. The summed E-state index contributed by atoms with van der Waals surface area (Å²) in [5.74, 6) is 0.599. The molecule has 4 rings (SSSR count). The fourth-order valence-electron chi connectivity index (χ4n) is 4.55. The highest BCUT2D eigenvalue weighted by Gasteiger charge is 2.39. The maximum atomic E-state index is 13.0. The van der Waals surface area contributed by atoms with Crippen molar-refractivity contribution in [3.63, 3.8) is 0 Å². The van der Waals surface area contributed by atoms with Gasteiger partial charge in [0.15, 0.2) is 0 Å². The van der Waals surface area contributed by atoms with Crippen LogP contribution in [-0.2, 0) is 18.8 Å². The van der Waals surface area contributed by atoms with Crippen LogP contribution in [0.4, 0.5) is 36.8 Å². The van der Waals surface area contributed by atoms with E-state index in [1.54, 1.807) is 0 Å². The summed E-state index contributed by atoms with van der Waals surface area (Å²) in [5.41, 5.74) is -2.14. The lowest BCUT2D eigenvalue weighted by Gasteiger charge is -2.47. The molecule has 2 aromatic rings. The zero-order chi connectivity index (χ0) is 24.5. The molecule has 1 N–H and O–H groups in total. The number of halogens is 6. The van der Waals surface area contributed by atoms with E-state index in [9.17, 15) is 31.1 Å². The minimum Gasteiger partial charge on any atom is -0.321 e. The summed E-state index contributed by atoms with van der Waals surface area (Å²) in [6, 6.07) is 10.8. The van der Waals surface area contributed by atoms with Crippen molar-refractivity contribution in [2.75, 3.05) is 31.5 Å². The number of hydrogen-bond donors (Lipinski definition) is 1. The van der Waals surface area contributed by atoms with Crippen molar-refractivity contribution in [1.29, 1.82) is 0 Å². The van der Waals surface area contributed by atoms with Crippen LogP contribution in [0.25, 0.3) is 0 Å². The first-order chi connectivity index (χ1) is 16.0. The molecule has 184 valence electrons. The van der Waals surface area contributed by atoms with Crippen LogP contribution in [0, 0.1) is 5.92 Å². The molecule has 0 radical (unpaired) electrons. The van der Waals surface area contributed by atoms with Gasteiger partial charge in [0.25, 0.3) is 0 Å². The number of carbonyl (C=O) groups is 1. The summed E-state index contributed by atoms with van der Waals surface area (Å²) in [6.07, 6.45) is -6.81. The van der Waals surface area contributed by atoms with Crippen molar-refractivity contribution in [3.8, 4) is 0 Å². The highest BCUT2D eigenvalue weighted by molar-refractivity contribution is 5.90. The maximum absolute atomic E-state index is 13.0. The molecule has 0 spiro atoms. The first kappa shape index (κ1) is 24.4. The van der Waals surface area contributed by atoms with Gasteiger partial charge in [-0.05, 0) is 62.0 Å². The lowest BCUT2D eigenvalue weighted by atomic mass is 9.89. The molecule has 0 saturated carbocycles. The number of anilines is 1. The topological polar surface area (TPSA) is 35.6 Å². The zero-order valence-electron chi connectivity index (χ0n) is 18.3. The van der Waals surface area contributed by atoms with Gasteiger partial charge in [-0.2, -0.15) is 26.3 Å². The molecule has 2 fully saturated rings. The van der Waals surface area contributed by atoms with E-state index in [2.05, 4.69) is 22.3 Å². The largest absolute Gasteiger partial charge is 0.416 e. The summed E-state index contributed by atoms with van der Waals surface area (Å²) in [5, 5.41) is 2.20. The monoisotopic (exact) mass is 485 g/mol. The number of nitrogens with zero attached hydrogens (tertiary/aromatic N) is 2. The number of likely N-dealkylation sites (tertiary alicyclic amines) is 2. The van der Waals surface area contributed by atoms with Crippen molar-refractivity contribution in [2.24, 2.45) is 5.92 Å². The zero-order valence-corrected chi connectivity index (χ0v) is 18.3. The first-order valence-corrected chi connectivity index (χ1v) is 11.1. The van der Waals surface area contributed by atoms with E-state index >= 15 is 0 Å². The quantitative estimate of drug-likeness (QED) is 0.548. The Hall–Kier alpha value is -2.75. The highest BCUT2D eigenvalue weighted by Crippen LogP contribution is 2.37. The third-order valence-corrected chi connectivity index (χ3v) is 6.52. The summed E-state index contributed by atoms with van der Waals surface area (Å²) in [6.45, 7) is 2.58. The van der Waals surface area contributed by atoms with Gasteiger partial charge in [0, 0.05) is 24.8 Å². The number of amides is 2. The van der Waals surface area contributed by atoms with E-state index in [0.717, 1.165) is 32.4 Å². The Kier molecular flexibility index (Phi) is 6.80. The van der Waals surface area contributed by atoms with E-state index in [1.165, 1.54) is 10.5 Å². The van der Waals surface area contributed by atoms with Crippen molar-refractivity contribution in [1.82, 2.24) is 9.80 Å². The molecule has 2 saturated heterocycles. The number of piperidine rings is 1. The fraction of sp³-hybridized carbons (Fsp3) is 0.458. The third kappa shape index (κ3) is 5.84. The van der Waals surface area contributed by atoms with Crippen molar-refractivity contribution >= 4 is 11.7 Å². The molecular weight excluding hydrogens is 460 g/mol. The van der Waals surface area contributed by atoms with Crippen LogP contribution in [0.2, 0.25) is 0 Å². The van der Waals surface area contributed by atoms with Crippen LogP contribution < -0.4 is 5.32 Å². The van der Waals surface area contributed by atoms with Gasteiger partial charge in [0.05, 0.1) is 11.1 Å². The van der Waals surface area contributed by atoms with E-state index < -0.39 is 35.2 Å². The molecular formula is C24H25F6N3O. The van der Waals surface area contributed by atoms with E-state index in [-0.39, 0.29) is 12.1 Å². The predicted molar refractivity (Wildman–Crippen MR) is 115 cm³/mol. The maximum Gasteiger partial charge on any atom is 0.416 e. The van der Waals surface area contributed by atoms with Crippen LogP contribution in [0.15, 0.2) is 48.5 Å².